The summed E-state index contributed by atoms with van der Waals surface area (Å²) < 4.78 is 7.42. The number of aryl methyl sites for hydroxylation is 2. The molecule has 4 rings (SSSR count). The zero-order valence-electron chi connectivity index (χ0n) is 16.7. The number of anilines is 1. The van der Waals surface area contributed by atoms with Crippen LogP contribution in [0.25, 0.3) is 0 Å². The average Bonchev–Trinajstić information content (AvgIpc) is 3.40. The van der Waals surface area contributed by atoms with Crippen LogP contribution in [0.3, 0.4) is 0 Å². The van der Waals surface area contributed by atoms with E-state index in [0.29, 0.717) is 6.54 Å². The monoisotopic (exact) mass is 391 g/mol. The number of nitrogens with zero attached hydrogens (tertiary/aromatic N) is 2. The molecule has 29 heavy (non-hydrogen) atoms. The molecule has 0 saturated carbocycles. The van der Waals surface area contributed by atoms with Crippen molar-refractivity contribution in [1.82, 2.24) is 9.47 Å². The van der Waals surface area contributed by atoms with Crippen LogP contribution in [0.15, 0.2) is 59.5 Å². The Balaban J connectivity index is 1.42. The van der Waals surface area contributed by atoms with Crippen molar-refractivity contribution >= 4 is 17.5 Å². The molecule has 0 saturated heterocycles. The summed E-state index contributed by atoms with van der Waals surface area (Å²) in [5.41, 5.74) is 5.07. The van der Waals surface area contributed by atoms with Crippen LogP contribution < -0.4 is 5.32 Å². The number of rotatable bonds is 5. The Morgan fingerprint density at radius 3 is 2.72 bits per heavy atom. The highest BCUT2D eigenvalue weighted by molar-refractivity contribution is 5.93. The molecule has 1 aliphatic heterocycles. The lowest BCUT2D eigenvalue weighted by Gasteiger charge is -2.36. The minimum Gasteiger partial charge on any atom is -0.472 e. The normalized spacial score (nSPS) is 15.8. The van der Waals surface area contributed by atoms with Gasteiger partial charge in [-0.25, -0.2) is 0 Å². The lowest BCUT2D eigenvalue weighted by molar-refractivity contribution is -0.135. The van der Waals surface area contributed by atoms with Gasteiger partial charge in [0.15, 0.2) is 0 Å². The van der Waals surface area contributed by atoms with Crippen LogP contribution in [0.2, 0.25) is 0 Å². The molecule has 1 atom stereocenters. The van der Waals surface area contributed by atoms with E-state index >= 15 is 0 Å². The Hall–Kier alpha value is -3.28. The first-order valence-corrected chi connectivity index (χ1v) is 9.86. The number of hydrogen-bond donors (Lipinski definition) is 1. The molecule has 1 aromatic carbocycles. The highest BCUT2D eigenvalue weighted by Gasteiger charge is 2.32. The molecule has 3 heterocycles. The van der Waals surface area contributed by atoms with Gasteiger partial charge in [0, 0.05) is 49.1 Å². The second-order valence-corrected chi connectivity index (χ2v) is 7.52. The van der Waals surface area contributed by atoms with Gasteiger partial charge in [0.05, 0.1) is 12.5 Å². The maximum Gasteiger partial charge on any atom is 0.224 e. The van der Waals surface area contributed by atoms with Crippen LogP contribution in [0.4, 0.5) is 5.69 Å². The summed E-state index contributed by atoms with van der Waals surface area (Å²) >= 11 is 0. The first-order valence-electron chi connectivity index (χ1n) is 9.86. The fourth-order valence-corrected chi connectivity index (χ4v) is 3.84. The maximum atomic E-state index is 13.0. The van der Waals surface area contributed by atoms with Gasteiger partial charge in [0.1, 0.15) is 6.04 Å². The number of benzene rings is 1. The van der Waals surface area contributed by atoms with Crippen molar-refractivity contribution in [3.8, 4) is 0 Å². The minimum absolute atomic E-state index is 0.0288. The number of nitrogens with one attached hydrogen (secondary N) is 1. The van der Waals surface area contributed by atoms with Gasteiger partial charge in [-0.1, -0.05) is 6.07 Å². The molecule has 1 aliphatic rings. The van der Waals surface area contributed by atoms with Gasteiger partial charge < -0.3 is 19.2 Å². The predicted molar refractivity (Wildman–Crippen MR) is 110 cm³/mol. The zero-order valence-corrected chi connectivity index (χ0v) is 16.7. The third kappa shape index (κ3) is 3.97. The van der Waals surface area contributed by atoms with Crippen molar-refractivity contribution in [2.45, 2.75) is 39.3 Å². The van der Waals surface area contributed by atoms with E-state index in [1.807, 2.05) is 61.3 Å². The summed E-state index contributed by atoms with van der Waals surface area (Å²) in [6.07, 6.45) is 5.66. The SMILES string of the molecule is Cc1ccc(NC(=O)CCC(=O)N2CCn3cccc3[C@@H]2c2ccoc2)cc1C. The van der Waals surface area contributed by atoms with Crippen LogP contribution in [-0.4, -0.2) is 27.8 Å². The van der Waals surface area contributed by atoms with Crippen molar-refractivity contribution in [2.75, 3.05) is 11.9 Å². The largest absolute Gasteiger partial charge is 0.472 e. The molecular formula is C23H25N3O3. The minimum atomic E-state index is -0.187. The Morgan fingerprint density at radius 2 is 1.97 bits per heavy atom. The molecule has 0 spiro atoms. The highest BCUT2D eigenvalue weighted by Crippen LogP contribution is 2.33. The molecule has 2 aromatic heterocycles. The number of carbonyl (C=O) groups is 2. The molecule has 2 amide bonds. The maximum absolute atomic E-state index is 13.0. The first-order chi connectivity index (χ1) is 14.0. The van der Waals surface area contributed by atoms with Gasteiger partial charge in [-0.3, -0.25) is 9.59 Å². The molecule has 6 heteroatoms. The van der Waals surface area contributed by atoms with Gasteiger partial charge in [-0.15, -0.1) is 0 Å². The number of amides is 2. The molecule has 0 fully saturated rings. The van der Waals surface area contributed by atoms with Gasteiger partial charge in [0.25, 0.3) is 0 Å². The second-order valence-electron chi connectivity index (χ2n) is 7.52. The van der Waals surface area contributed by atoms with E-state index in [4.69, 9.17) is 4.42 Å². The molecule has 0 aliphatic carbocycles. The highest BCUT2D eigenvalue weighted by atomic mass is 16.3. The van der Waals surface area contributed by atoms with E-state index in [2.05, 4.69) is 9.88 Å². The Labute approximate surface area is 170 Å². The van der Waals surface area contributed by atoms with Crippen LogP contribution >= 0.6 is 0 Å². The average molecular weight is 391 g/mol. The summed E-state index contributed by atoms with van der Waals surface area (Å²) in [4.78, 5) is 27.2. The van der Waals surface area contributed by atoms with E-state index in [1.165, 1.54) is 5.56 Å². The predicted octanol–water partition coefficient (Wildman–Crippen LogP) is 4.05. The molecule has 0 unspecified atom stereocenters. The molecule has 6 nitrogen and oxygen atoms in total. The molecule has 1 N–H and O–H groups in total. The number of aromatic nitrogens is 1. The molecule has 3 aromatic rings. The van der Waals surface area contributed by atoms with Crippen molar-refractivity contribution in [2.24, 2.45) is 0 Å². The van der Waals surface area contributed by atoms with Gasteiger partial charge in [-0.2, -0.15) is 0 Å². The van der Waals surface area contributed by atoms with E-state index < -0.39 is 0 Å². The number of furan rings is 1. The van der Waals surface area contributed by atoms with Gasteiger partial charge >= 0.3 is 0 Å². The summed E-state index contributed by atoms with van der Waals surface area (Å²) in [5, 5.41) is 2.89. The van der Waals surface area contributed by atoms with Crippen molar-refractivity contribution in [3.05, 3.63) is 77.5 Å². The lowest BCUT2D eigenvalue weighted by Crippen LogP contribution is -2.42. The molecular weight excluding hydrogens is 366 g/mol. The van der Waals surface area contributed by atoms with Crippen LogP contribution in [0.5, 0.6) is 0 Å². The zero-order chi connectivity index (χ0) is 20.4. The third-order valence-electron chi connectivity index (χ3n) is 5.57. The van der Waals surface area contributed by atoms with Crippen LogP contribution in [0.1, 0.15) is 41.3 Å². The van der Waals surface area contributed by atoms with Crippen LogP contribution in [0, 0.1) is 13.8 Å². The number of fused-ring (bicyclic) bond motifs is 1. The van der Waals surface area contributed by atoms with Crippen LogP contribution in [-0.2, 0) is 16.1 Å². The molecule has 0 radical (unpaired) electrons. The van der Waals surface area contributed by atoms with Crippen molar-refractivity contribution < 1.29 is 14.0 Å². The fraction of sp³-hybridized carbons (Fsp3) is 0.304. The first kappa shape index (κ1) is 19.1. The molecule has 150 valence electrons. The Morgan fingerprint density at radius 1 is 1.10 bits per heavy atom. The van der Waals surface area contributed by atoms with Crippen molar-refractivity contribution in [1.29, 1.82) is 0 Å². The lowest BCUT2D eigenvalue weighted by atomic mass is 10.0. The number of hydrogen-bond acceptors (Lipinski definition) is 3. The Bertz CT molecular complexity index is 1020. The smallest absolute Gasteiger partial charge is 0.224 e. The standard InChI is InChI=1S/C23H25N3O3/c1-16-5-6-19(14-17(16)2)24-21(27)7-8-22(28)26-12-11-25-10-3-4-20(25)23(26)18-9-13-29-15-18/h3-6,9-10,13-15,23H,7-8,11-12H2,1-2H3,(H,24,27)/t23-/m0/s1. The number of carbonyl (C=O) groups excluding carboxylic acids is 2. The van der Waals surface area contributed by atoms with Gasteiger partial charge in [0.2, 0.25) is 11.8 Å². The van der Waals surface area contributed by atoms with Crippen molar-refractivity contribution in [3.63, 3.8) is 0 Å². The Kier molecular flexibility index (Phi) is 5.25. The summed E-state index contributed by atoms with van der Waals surface area (Å²) in [5.74, 6) is -0.180. The third-order valence-corrected chi connectivity index (χ3v) is 5.57. The fourth-order valence-electron chi connectivity index (χ4n) is 3.84. The van der Waals surface area contributed by atoms with E-state index in [1.54, 1.807) is 12.5 Å². The summed E-state index contributed by atoms with van der Waals surface area (Å²) in [7, 11) is 0. The molecule has 0 bridgehead atoms. The summed E-state index contributed by atoms with van der Waals surface area (Å²) in [6, 6.07) is 11.5. The van der Waals surface area contributed by atoms with E-state index in [9.17, 15) is 9.59 Å². The van der Waals surface area contributed by atoms with E-state index in [0.717, 1.165) is 29.1 Å². The second kappa shape index (κ2) is 7.99. The van der Waals surface area contributed by atoms with Gasteiger partial charge in [-0.05, 0) is 55.3 Å². The topological polar surface area (TPSA) is 67.5 Å². The van der Waals surface area contributed by atoms with E-state index in [-0.39, 0.29) is 30.7 Å². The summed E-state index contributed by atoms with van der Waals surface area (Å²) in [6.45, 7) is 5.40. The quantitative estimate of drug-likeness (QED) is 0.713.